The summed E-state index contributed by atoms with van der Waals surface area (Å²) in [6.07, 6.45) is 0.465. The minimum atomic E-state index is -0.220. The van der Waals surface area contributed by atoms with Gasteiger partial charge < -0.3 is 14.4 Å². The van der Waals surface area contributed by atoms with Crippen molar-refractivity contribution in [3.05, 3.63) is 11.1 Å². The van der Waals surface area contributed by atoms with Crippen molar-refractivity contribution in [2.45, 2.75) is 39.3 Å². The molecule has 0 spiro atoms. The zero-order chi connectivity index (χ0) is 13.8. The smallest absolute Gasteiger partial charge is 0.311 e. The third kappa shape index (κ3) is 3.67. The van der Waals surface area contributed by atoms with Crippen molar-refractivity contribution in [1.82, 2.24) is 4.98 Å². The predicted octanol–water partition coefficient (Wildman–Crippen LogP) is 1.86. The molecule has 0 bridgehead atoms. The first-order chi connectivity index (χ1) is 9.10. The first-order valence-electron chi connectivity index (χ1n) is 6.58. The number of aromatic nitrogens is 1. The summed E-state index contributed by atoms with van der Waals surface area (Å²) in [6, 6.07) is 0.317. The van der Waals surface area contributed by atoms with Gasteiger partial charge in [-0.3, -0.25) is 4.79 Å². The molecular formula is C13H20N2O3S. The van der Waals surface area contributed by atoms with Gasteiger partial charge in [0.25, 0.3) is 0 Å². The molecule has 0 aliphatic carbocycles. The molecule has 0 radical (unpaired) electrons. The molecule has 2 atom stereocenters. The average Bonchev–Trinajstić information content (AvgIpc) is 2.81. The Morgan fingerprint density at radius 1 is 1.63 bits per heavy atom. The molecule has 0 N–H and O–H groups in total. The van der Waals surface area contributed by atoms with Crippen LogP contribution in [0, 0.1) is 0 Å². The van der Waals surface area contributed by atoms with Gasteiger partial charge in [0.15, 0.2) is 5.13 Å². The van der Waals surface area contributed by atoms with Crippen LogP contribution in [0.5, 0.6) is 0 Å². The maximum atomic E-state index is 11.4. The van der Waals surface area contributed by atoms with Crippen molar-refractivity contribution in [1.29, 1.82) is 0 Å². The second-order valence-corrected chi connectivity index (χ2v) is 5.59. The van der Waals surface area contributed by atoms with E-state index < -0.39 is 0 Å². The fourth-order valence-electron chi connectivity index (χ4n) is 2.04. The first-order valence-corrected chi connectivity index (χ1v) is 7.46. The summed E-state index contributed by atoms with van der Waals surface area (Å²) in [6.45, 7) is 7.96. The Kier molecular flexibility index (Phi) is 4.76. The van der Waals surface area contributed by atoms with Crippen LogP contribution in [0.25, 0.3) is 0 Å². The number of hydrogen-bond donors (Lipinski definition) is 0. The monoisotopic (exact) mass is 284 g/mol. The molecule has 1 aromatic heterocycles. The normalized spacial score (nSPS) is 23.4. The minimum absolute atomic E-state index is 0.216. The summed E-state index contributed by atoms with van der Waals surface area (Å²) >= 11 is 1.57. The van der Waals surface area contributed by atoms with Gasteiger partial charge in [-0.1, -0.05) is 0 Å². The zero-order valence-corrected chi connectivity index (χ0v) is 12.4. The van der Waals surface area contributed by atoms with Gasteiger partial charge >= 0.3 is 5.97 Å². The fourth-order valence-corrected chi connectivity index (χ4v) is 2.98. The molecule has 1 fully saturated rings. The summed E-state index contributed by atoms with van der Waals surface area (Å²) < 4.78 is 10.5. The van der Waals surface area contributed by atoms with Crippen LogP contribution < -0.4 is 4.90 Å². The maximum absolute atomic E-state index is 11.4. The Labute approximate surface area is 117 Å². The summed E-state index contributed by atoms with van der Waals surface area (Å²) in [7, 11) is 0. The number of nitrogens with zero attached hydrogens (tertiary/aromatic N) is 2. The lowest BCUT2D eigenvalue weighted by Gasteiger charge is -2.36. The van der Waals surface area contributed by atoms with E-state index in [4.69, 9.17) is 9.47 Å². The number of anilines is 1. The molecular weight excluding hydrogens is 264 g/mol. The highest BCUT2D eigenvalue weighted by atomic mass is 32.1. The van der Waals surface area contributed by atoms with E-state index >= 15 is 0 Å². The van der Waals surface area contributed by atoms with Crippen LogP contribution in [-0.4, -0.2) is 42.9 Å². The van der Waals surface area contributed by atoms with Crippen LogP contribution in [-0.2, 0) is 20.7 Å². The predicted molar refractivity (Wildman–Crippen MR) is 74.7 cm³/mol. The van der Waals surface area contributed by atoms with Crippen LogP contribution in [0.3, 0.4) is 0 Å². The Hall–Kier alpha value is -1.14. The summed E-state index contributed by atoms with van der Waals surface area (Å²) in [5.74, 6) is -0.220. The van der Waals surface area contributed by atoms with Crippen molar-refractivity contribution in [2.24, 2.45) is 0 Å². The van der Waals surface area contributed by atoms with E-state index in [0.717, 1.165) is 17.4 Å². The number of morpholine rings is 1. The molecule has 1 aromatic rings. The Morgan fingerprint density at radius 3 is 3.16 bits per heavy atom. The van der Waals surface area contributed by atoms with Gasteiger partial charge in [0, 0.05) is 11.9 Å². The van der Waals surface area contributed by atoms with E-state index in [-0.39, 0.29) is 18.5 Å². The molecule has 1 aliphatic heterocycles. The second kappa shape index (κ2) is 6.34. The highest BCUT2D eigenvalue weighted by molar-refractivity contribution is 7.13. The molecule has 2 rings (SSSR count). The number of esters is 1. The summed E-state index contributed by atoms with van der Waals surface area (Å²) in [4.78, 5) is 18.2. The van der Waals surface area contributed by atoms with E-state index in [2.05, 4.69) is 23.7 Å². The van der Waals surface area contributed by atoms with E-state index in [9.17, 15) is 4.79 Å². The molecule has 1 saturated heterocycles. The fraction of sp³-hybridized carbons (Fsp3) is 0.692. The van der Waals surface area contributed by atoms with Crippen LogP contribution >= 0.6 is 11.3 Å². The molecule has 19 heavy (non-hydrogen) atoms. The molecule has 5 nitrogen and oxygen atoms in total. The third-order valence-corrected chi connectivity index (χ3v) is 3.95. The lowest BCUT2D eigenvalue weighted by molar-refractivity contribution is -0.142. The molecule has 2 unspecified atom stereocenters. The molecule has 1 aliphatic rings. The van der Waals surface area contributed by atoms with Gasteiger partial charge in [-0.15, -0.1) is 11.3 Å². The largest absolute Gasteiger partial charge is 0.466 e. The quantitative estimate of drug-likeness (QED) is 0.790. The van der Waals surface area contributed by atoms with Gasteiger partial charge in [-0.25, -0.2) is 4.98 Å². The maximum Gasteiger partial charge on any atom is 0.311 e. The second-order valence-electron chi connectivity index (χ2n) is 4.75. The van der Waals surface area contributed by atoms with Crippen LogP contribution in [0.4, 0.5) is 5.13 Å². The average molecular weight is 284 g/mol. The van der Waals surface area contributed by atoms with Crippen molar-refractivity contribution in [3.63, 3.8) is 0 Å². The number of rotatable bonds is 4. The van der Waals surface area contributed by atoms with E-state index in [1.54, 1.807) is 18.3 Å². The molecule has 0 amide bonds. The number of carbonyl (C=O) groups excluding carboxylic acids is 1. The highest BCUT2D eigenvalue weighted by Gasteiger charge is 2.25. The van der Waals surface area contributed by atoms with Crippen molar-refractivity contribution in [3.8, 4) is 0 Å². The lowest BCUT2D eigenvalue weighted by Crippen LogP contribution is -2.47. The lowest BCUT2D eigenvalue weighted by atomic mass is 10.2. The van der Waals surface area contributed by atoms with Gasteiger partial charge in [0.05, 0.1) is 37.5 Å². The van der Waals surface area contributed by atoms with Crippen LogP contribution in [0.1, 0.15) is 26.5 Å². The molecule has 106 valence electrons. The summed E-state index contributed by atoms with van der Waals surface area (Å²) in [5, 5.41) is 2.89. The van der Waals surface area contributed by atoms with Gasteiger partial charge in [-0.2, -0.15) is 0 Å². The first kappa shape index (κ1) is 14.3. The standard InChI is InChI=1S/C13H20N2O3S/c1-4-17-12(16)5-11-8-19-13(14-11)15-6-10(3)18-7-9(15)2/h8-10H,4-7H2,1-3H3. The minimum Gasteiger partial charge on any atom is -0.466 e. The van der Waals surface area contributed by atoms with Crippen molar-refractivity contribution in [2.75, 3.05) is 24.7 Å². The number of ether oxygens (including phenoxy) is 2. The topological polar surface area (TPSA) is 51.7 Å². The van der Waals surface area contributed by atoms with E-state index in [1.807, 2.05) is 5.38 Å². The molecule has 0 saturated carbocycles. The Balaban J connectivity index is 2.01. The molecule has 0 aromatic carbocycles. The van der Waals surface area contributed by atoms with Crippen LogP contribution in [0.2, 0.25) is 0 Å². The van der Waals surface area contributed by atoms with Gasteiger partial charge in [0.2, 0.25) is 0 Å². The van der Waals surface area contributed by atoms with Crippen molar-refractivity contribution < 1.29 is 14.3 Å². The molecule has 2 heterocycles. The number of carbonyl (C=O) groups is 1. The van der Waals surface area contributed by atoms with Crippen LogP contribution in [0.15, 0.2) is 5.38 Å². The van der Waals surface area contributed by atoms with Gasteiger partial charge in [-0.05, 0) is 20.8 Å². The summed E-state index contributed by atoms with van der Waals surface area (Å²) in [5.41, 5.74) is 0.782. The zero-order valence-electron chi connectivity index (χ0n) is 11.6. The number of thiazole rings is 1. The molecule has 6 heteroatoms. The SMILES string of the molecule is CCOC(=O)Cc1csc(N2CC(C)OCC2C)n1. The number of hydrogen-bond acceptors (Lipinski definition) is 6. The Morgan fingerprint density at radius 2 is 2.42 bits per heavy atom. The van der Waals surface area contributed by atoms with E-state index in [0.29, 0.717) is 19.3 Å². The Bertz CT molecular complexity index is 435. The third-order valence-electron chi connectivity index (χ3n) is 3.02. The van der Waals surface area contributed by atoms with E-state index in [1.165, 1.54) is 0 Å². The van der Waals surface area contributed by atoms with Gasteiger partial charge in [0.1, 0.15) is 0 Å². The highest BCUT2D eigenvalue weighted by Crippen LogP contribution is 2.25. The van der Waals surface area contributed by atoms with Crippen molar-refractivity contribution >= 4 is 22.4 Å².